The van der Waals surface area contributed by atoms with Crippen molar-refractivity contribution in [3.05, 3.63) is 47.5 Å². The molecule has 0 saturated carbocycles. The molecule has 0 unspecified atom stereocenters. The molecule has 0 aliphatic rings. The summed E-state index contributed by atoms with van der Waals surface area (Å²) in [7, 11) is 1.56. The summed E-state index contributed by atoms with van der Waals surface area (Å²) in [5.74, 6) is 1.76. The molecule has 1 aromatic heterocycles. The number of hydrogen-bond acceptors (Lipinski definition) is 4. The van der Waals surface area contributed by atoms with Gasteiger partial charge in [-0.2, -0.15) is 4.98 Å². The first-order valence-electron chi connectivity index (χ1n) is 6.73. The Morgan fingerprint density at radius 2 is 1.85 bits per heavy atom. The van der Waals surface area contributed by atoms with E-state index in [4.69, 9.17) is 10.5 Å². The highest BCUT2D eigenvalue weighted by Gasteiger charge is 2.03. The first-order valence-corrected chi connectivity index (χ1v) is 6.73. The Morgan fingerprint density at radius 1 is 1.15 bits per heavy atom. The number of rotatable bonds is 5. The van der Waals surface area contributed by atoms with Gasteiger partial charge in [0.15, 0.2) is 0 Å². The second kappa shape index (κ2) is 6.28. The first-order chi connectivity index (χ1) is 9.60. The van der Waals surface area contributed by atoms with Crippen LogP contribution in [0.1, 0.15) is 30.9 Å². The number of anilines is 2. The van der Waals surface area contributed by atoms with Crippen molar-refractivity contribution in [3.63, 3.8) is 0 Å². The fourth-order valence-corrected chi connectivity index (χ4v) is 1.93. The predicted molar refractivity (Wildman–Crippen MR) is 83.1 cm³/mol. The number of ether oxygens (including phenoxy) is 1. The summed E-state index contributed by atoms with van der Waals surface area (Å²) in [5, 5.41) is 3.26. The lowest BCUT2D eigenvalue weighted by Gasteiger charge is -2.10. The number of nitrogens with zero attached hydrogens (tertiary/aromatic N) is 1. The summed E-state index contributed by atoms with van der Waals surface area (Å²) in [6.07, 6.45) is 0. The average Bonchev–Trinajstić information content (AvgIpc) is 2.46. The number of nitrogens with two attached hydrogens (primary N) is 1. The van der Waals surface area contributed by atoms with Crippen molar-refractivity contribution in [1.82, 2.24) is 4.98 Å². The molecule has 2 rings (SSSR count). The monoisotopic (exact) mass is 271 g/mol. The van der Waals surface area contributed by atoms with Gasteiger partial charge in [0.05, 0.1) is 12.8 Å². The van der Waals surface area contributed by atoms with E-state index in [1.54, 1.807) is 13.2 Å². The van der Waals surface area contributed by atoms with Crippen LogP contribution in [0.5, 0.6) is 5.88 Å². The number of nitrogens with one attached hydrogen (secondary N) is 1. The molecule has 0 spiro atoms. The standard InChI is InChI=1S/C16H21N3O/c1-11(2)13-6-4-12(5-7-13)10-18-15-9-8-14(17)16(19-15)20-3/h4-9,11H,10,17H2,1-3H3,(H,18,19). The van der Waals surface area contributed by atoms with Crippen molar-refractivity contribution in [2.45, 2.75) is 26.3 Å². The maximum absolute atomic E-state index is 5.74. The van der Waals surface area contributed by atoms with E-state index in [0.29, 0.717) is 17.5 Å². The molecule has 4 nitrogen and oxygen atoms in total. The van der Waals surface area contributed by atoms with Crippen LogP contribution in [0.15, 0.2) is 36.4 Å². The van der Waals surface area contributed by atoms with Gasteiger partial charge in [0.1, 0.15) is 5.82 Å². The molecular weight excluding hydrogens is 250 g/mol. The van der Waals surface area contributed by atoms with Gasteiger partial charge in [-0.25, -0.2) is 0 Å². The quantitative estimate of drug-likeness (QED) is 0.875. The molecule has 20 heavy (non-hydrogen) atoms. The van der Waals surface area contributed by atoms with Gasteiger partial charge in [-0.3, -0.25) is 0 Å². The largest absolute Gasteiger partial charge is 0.479 e. The number of nitrogen functional groups attached to an aromatic ring is 1. The molecule has 4 heteroatoms. The third kappa shape index (κ3) is 3.41. The highest BCUT2D eigenvalue weighted by Crippen LogP contribution is 2.21. The van der Waals surface area contributed by atoms with Crippen LogP contribution in [-0.2, 0) is 6.54 Å². The van der Waals surface area contributed by atoms with Gasteiger partial charge >= 0.3 is 0 Å². The molecule has 0 radical (unpaired) electrons. The normalized spacial score (nSPS) is 10.6. The van der Waals surface area contributed by atoms with Gasteiger partial charge in [-0.15, -0.1) is 0 Å². The zero-order valence-electron chi connectivity index (χ0n) is 12.2. The third-order valence-corrected chi connectivity index (χ3v) is 3.20. The summed E-state index contributed by atoms with van der Waals surface area (Å²) >= 11 is 0. The Balaban J connectivity index is 2.01. The summed E-state index contributed by atoms with van der Waals surface area (Å²) < 4.78 is 5.10. The highest BCUT2D eigenvalue weighted by molar-refractivity contribution is 5.53. The van der Waals surface area contributed by atoms with Crippen LogP contribution in [0.4, 0.5) is 11.5 Å². The Bertz CT molecular complexity index is 564. The molecule has 0 atom stereocenters. The molecule has 1 heterocycles. The SMILES string of the molecule is COc1nc(NCc2ccc(C(C)C)cc2)ccc1N. The van der Waals surface area contributed by atoms with Gasteiger partial charge in [0.2, 0.25) is 5.88 Å². The minimum absolute atomic E-state index is 0.449. The van der Waals surface area contributed by atoms with Crippen LogP contribution in [0.2, 0.25) is 0 Å². The lowest BCUT2D eigenvalue weighted by molar-refractivity contribution is 0.401. The Kier molecular flexibility index (Phi) is 4.45. The molecule has 2 aromatic rings. The molecule has 106 valence electrons. The number of hydrogen-bond donors (Lipinski definition) is 2. The number of aromatic nitrogens is 1. The van der Waals surface area contributed by atoms with Gasteiger partial charge in [0, 0.05) is 6.54 Å². The molecule has 0 bridgehead atoms. The maximum atomic E-state index is 5.74. The minimum Gasteiger partial charge on any atom is -0.479 e. The summed E-state index contributed by atoms with van der Waals surface area (Å²) in [5.41, 5.74) is 8.84. The molecule has 0 fully saturated rings. The molecule has 0 saturated heterocycles. The molecule has 0 aliphatic carbocycles. The lowest BCUT2D eigenvalue weighted by atomic mass is 10.0. The van der Waals surface area contributed by atoms with Crippen molar-refractivity contribution in [2.24, 2.45) is 0 Å². The number of benzene rings is 1. The fraction of sp³-hybridized carbons (Fsp3) is 0.312. The van der Waals surface area contributed by atoms with E-state index >= 15 is 0 Å². The molecule has 0 amide bonds. The van der Waals surface area contributed by atoms with Gasteiger partial charge in [-0.1, -0.05) is 38.1 Å². The van der Waals surface area contributed by atoms with Crippen LogP contribution in [0.25, 0.3) is 0 Å². The van der Waals surface area contributed by atoms with Crippen LogP contribution < -0.4 is 15.8 Å². The van der Waals surface area contributed by atoms with Gasteiger partial charge in [-0.05, 0) is 29.2 Å². The first kappa shape index (κ1) is 14.2. The van der Waals surface area contributed by atoms with E-state index in [9.17, 15) is 0 Å². The van der Waals surface area contributed by atoms with Crippen LogP contribution in [-0.4, -0.2) is 12.1 Å². The zero-order chi connectivity index (χ0) is 14.5. The lowest BCUT2D eigenvalue weighted by Crippen LogP contribution is -2.03. The highest BCUT2D eigenvalue weighted by atomic mass is 16.5. The van der Waals surface area contributed by atoms with Gasteiger partial charge < -0.3 is 15.8 Å². The smallest absolute Gasteiger partial charge is 0.238 e. The summed E-state index contributed by atoms with van der Waals surface area (Å²) in [6, 6.07) is 12.2. The molecule has 0 aliphatic heterocycles. The van der Waals surface area contributed by atoms with Crippen molar-refractivity contribution in [3.8, 4) is 5.88 Å². The second-order valence-electron chi connectivity index (χ2n) is 5.04. The van der Waals surface area contributed by atoms with Crippen molar-refractivity contribution in [1.29, 1.82) is 0 Å². The van der Waals surface area contributed by atoms with Crippen molar-refractivity contribution in [2.75, 3.05) is 18.2 Å². The van der Waals surface area contributed by atoms with Crippen molar-refractivity contribution >= 4 is 11.5 Å². The van der Waals surface area contributed by atoms with Crippen LogP contribution in [0.3, 0.4) is 0 Å². The third-order valence-electron chi connectivity index (χ3n) is 3.20. The second-order valence-corrected chi connectivity index (χ2v) is 5.04. The van der Waals surface area contributed by atoms with E-state index in [1.165, 1.54) is 11.1 Å². The minimum atomic E-state index is 0.449. The average molecular weight is 271 g/mol. The van der Waals surface area contributed by atoms with E-state index in [-0.39, 0.29) is 0 Å². The van der Waals surface area contributed by atoms with E-state index in [1.807, 2.05) is 6.07 Å². The van der Waals surface area contributed by atoms with Gasteiger partial charge in [0.25, 0.3) is 0 Å². The predicted octanol–water partition coefficient (Wildman–Crippen LogP) is 3.41. The zero-order valence-corrected chi connectivity index (χ0v) is 12.2. The maximum Gasteiger partial charge on any atom is 0.238 e. The van der Waals surface area contributed by atoms with Crippen LogP contribution in [0, 0.1) is 0 Å². The molecule has 1 aromatic carbocycles. The molecule has 3 N–H and O–H groups in total. The number of methoxy groups -OCH3 is 1. The fourth-order valence-electron chi connectivity index (χ4n) is 1.93. The topological polar surface area (TPSA) is 60.2 Å². The van der Waals surface area contributed by atoms with Crippen LogP contribution >= 0.6 is 0 Å². The molecular formula is C16H21N3O. The van der Waals surface area contributed by atoms with E-state index in [2.05, 4.69) is 48.4 Å². The Labute approximate surface area is 120 Å². The number of pyridine rings is 1. The van der Waals surface area contributed by atoms with E-state index in [0.717, 1.165) is 12.4 Å². The Morgan fingerprint density at radius 3 is 2.45 bits per heavy atom. The summed E-state index contributed by atoms with van der Waals surface area (Å²) in [6.45, 7) is 5.11. The summed E-state index contributed by atoms with van der Waals surface area (Å²) in [4.78, 5) is 4.29. The Hall–Kier alpha value is -2.23. The van der Waals surface area contributed by atoms with E-state index < -0.39 is 0 Å². The van der Waals surface area contributed by atoms with Crippen molar-refractivity contribution < 1.29 is 4.74 Å².